The van der Waals surface area contributed by atoms with Crippen LogP contribution in [0.4, 0.5) is 0 Å². The molecule has 0 unspecified atom stereocenters. The van der Waals surface area contributed by atoms with Gasteiger partial charge in [0.1, 0.15) is 11.5 Å². The van der Waals surface area contributed by atoms with E-state index in [1.165, 1.54) is 11.1 Å². The van der Waals surface area contributed by atoms with Crippen molar-refractivity contribution in [3.8, 4) is 11.5 Å². The Bertz CT molecular complexity index is 1060. The molecule has 1 aliphatic heterocycles. The van der Waals surface area contributed by atoms with E-state index in [2.05, 4.69) is 85.9 Å². The van der Waals surface area contributed by atoms with E-state index in [9.17, 15) is 0 Å². The van der Waals surface area contributed by atoms with Gasteiger partial charge in [-0.25, -0.2) is 0 Å². The Hall–Kier alpha value is -2.62. The molecule has 4 aromatic carbocycles. The molecule has 3 heteroatoms. The van der Waals surface area contributed by atoms with Crippen molar-refractivity contribution in [3.05, 3.63) is 119 Å². The molecule has 5 rings (SSSR count). The highest BCUT2D eigenvalue weighted by Gasteiger charge is 2.45. The second-order valence-corrected chi connectivity index (χ2v) is 7.98. The number of hydrogen-bond donors (Lipinski definition) is 2. The smallest absolute Gasteiger partial charge is 0.132 e. The third kappa shape index (κ3) is 2.58. The van der Waals surface area contributed by atoms with E-state index in [0.29, 0.717) is 0 Å². The average Bonchev–Trinajstić information content (AvgIpc) is 2.74. The molecule has 1 heterocycles. The highest BCUT2D eigenvalue weighted by Crippen LogP contribution is 2.55. The number of benzene rings is 4. The summed E-state index contributed by atoms with van der Waals surface area (Å²) >= 11 is 9.28. The highest BCUT2D eigenvalue weighted by molar-refractivity contribution is 7.80. The third-order valence-electron chi connectivity index (χ3n) is 5.37. The number of rotatable bonds is 2. The minimum Gasteiger partial charge on any atom is -0.457 e. The van der Waals surface area contributed by atoms with E-state index in [0.717, 1.165) is 32.4 Å². The van der Waals surface area contributed by atoms with Crippen LogP contribution >= 0.6 is 25.3 Å². The lowest BCUT2D eigenvalue weighted by Gasteiger charge is -2.41. The Balaban J connectivity index is 1.99. The summed E-state index contributed by atoms with van der Waals surface area (Å²) < 4.78 is 6.32. The fourth-order valence-electron chi connectivity index (χ4n) is 4.23. The zero-order valence-corrected chi connectivity index (χ0v) is 16.8. The first-order valence-electron chi connectivity index (χ1n) is 9.15. The molecule has 0 fully saturated rings. The Morgan fingerprint density at radius 3 is 1.39 bits per heavy atom. The largest absolute Gasteiger partial charge is 0.457 e. The van der Waals surface area contributed by atoms with Gasteiger partial charge >= 0.3 is 0 Å². The van der Waals surface area contributed by atoms with Crippen molar-refractivity contribution in [2.75, 3.05) is 0 Å². The van der Waals surface area contributed by atoms with Gasteiger partial charge in [-0.2, -0.15) is 0 Å². The molecule has 136 valence electrons. The molecule has 1 aliphatic rings. The van der Waals surface area contributed by atoms with Gasteiger partial charge in [0.05, 0.1) is 5.41 Å². The number of thiol groups is 2. The van der Waals surface area contributed by atoms with Gasteiger partial charge in [-0.15, -0.1) is 25.3 Å². The Labute approximate surface area is 175 Å². The summed E-state index contributed by atoms with van der Waals surface area (Å²) in [6.45, 7) is 0. The molecule has 28 heavy (non-hydrogen) atoms. The molecule has 0 spiro atoms. The lowest BCUT2D eigenvalue weighted by molar-refractivity contribution is 0.433. The van der Waals surface area contributed by atoms with Crippen molar-refractivity contribution in [3.63, 3.8) is 0 Å². The summed E-state index contributed by atoms with van der Waals surface area (Å²) in [7, 11) is 0. The van der Waals surface area contributed by atoms with Crippen LogP contribution in [-0.2, 0) is 5.41 Å². The second-order valence-electron chi connectivity index (χ2n) is 6.95. The third-order valence-corrected chi connectivity index (χ3v) is 5.92. The van der Waals surface area contributed by atoms with Crippen LogP contribution in [0.2, 0.25) is 0 Å². The lowest BCUT2D eigenvalue weighted by atomic mass is 9.64. The van der Waals surface area contributed by atoms with Crippen molar-refractivity contribution in [1.82, 2.24) is 0 Å². The molecule has 0 atom stereocenters. The van der Waals surface area contributed by atoms with Gasteiger partial charge in [0.25, 0.3) is 0 Å². The van der Waals surface area contributed by atoms with Gasteiger partial charge in [0.2, 0.25) is 0 Å². The Morgan fingerprint density at radius 2 is 0.964 bits per heavy atom. The summed E-state index contributed by atoms with van der Waals surface area (Å²) in [6.07, 6.45) is 0. The van der Waals surface area contributed by atoms with E-state index < -0.39 is 5.41 Å². The fraction of sp³-hybridized carbons (Fsp3) is 0.0400. The van der Waals surface area contributed by atoms with Crippen molar-refractivity contribution in [2.24, 2.45) is 0 Å². The first-order valence-corrected chi connectivity index (χ1v) is 10.0. The molecular formula is C25H18OS2. The molecule has 0 saturated carbocycles. The van der Waals surface area contributed by atoms with Crippen LogP contribution in [0.1, 0.15) is 22.3 Å². The zero-order valence-electron chi connectivity index (χ0n) is 15.0. The molecule has 4 aromatic rings. The van der Waals surface area contributed by atoms with Crippen LogP contribution in [0, 0.1) is 0 Å². The standard InChI is InChI=1S/C25H18OS2/c27-19-11-13-23-21(15-19)25(17-7-3-1-4-8-17,18-9-5-2-6-10-18)22-16-20(28)12-14-24(22)26-23/h1-16,27-28H. The van der Waals surface area contributed by atoms with Crippen molar-refractivity contribution in [2.45, 2.75) is 15.2 Å². The molecular weight excluding hydrogens is 380 g/mol. The Kier molecular flexibility index (Phi) is 4.22. The Morgan fingerprint density at radius 1 is 0.536 bits per heavy atom. The van der Waals surface area contributed by atoms with E-state index in [1.54, 1.807) is 0 Å². The summed E-state index contributed by atoms with van der Waals surface area (Å²) in [5.74, 6) is 1.70. The molecule has 0 aliphatic carbocycles. The van der Waals surface area contributed by atoms with Crippen molar-refractivity contribution >= 4 is 25.3 Å². The van der Waals surface area contributed by atoms with E-state index in [1.807, 2.05) is 36.4 Å². The number of ether oxygens (including phenoxy) is 1. The van der Waals surface area contributed by atoms with Gasteiger partial charge < -0.3 is 4.74 Å². The summed E-state index contributed by atoms with van der Waals surface area (Å²) in [6, 6.07) is 33.4. The van der Waals surface area contributed by atoms with Gasteiger partial charge in [-0.1, -0.05) is 60.7 Å². The summed E-state index contributed by atoms with van der Waals surface area (Å²) in [5, 5.41) is 0. The van der Waals surface area contributed by atoms with Crippen LogP contribution in [-0.4, -0.2) is 0 Å². The zero-order chi connectivity index (χ0) is 19.1. The van der Waals surface area contributed by atoms with Crippen LogP contribution in [0.25, 0.3) is 0 Å². The second kappa shape index (κ2) is 6.77. The van der Waals surface area contributed by atoms with Crippen LogP contribution in [0.3, 0.4) is 0 Å². The van der Waals surface area contributed by atoms with E-state index in [4.69, 9.17) is 4.74 Å². The van der Waals surface area contributed by atoms with Gasteiger partial charge in [0, 0.05) is 20.9 Å². The highest BCUT2D eigenvalue weighted by atomic mass is 32.1. The van der Waals surface area contributed by atoms with Gasteiger partial charge in [0.15, 0.2) is 0 Å². The predicted molar refractivity (Wildman–Crippen MR) is 119 cm³/mol. The van der Waals surface area contributed by atoms with Crippen LogP contribution < -0.4 is 4.74 Å². The SMILES string of the molecule is Sc1ccc2c(c1)C(c1ccccc1)(c1ccccc1)c1cc(S)ccc1O2. The normalized spacial score (nSPS) is 13.9. The predicted octanol–water partition coefficient (Wildman–Crippen LogP) is 6.75. The molecule has 0 saturated heterocycles. The maximum absolute atomic E-state index is 6.32. The molecule has 0 amide bonds. The van der Waals surface area contributed by atoms with E-state index in [-0.39, 0.29) is 0 Å². The van der Waals surface area contributed by atoms with Gasteiger partial charge in [-0.05, 0) is 47.5 Å². The molecule has 0 bridgehead atoms. The number of hydrogen-bond acceptors (Lipinski definition) is 3. The van der Waals surface area contributed by atoms with Crippen molar-refractivity contribution in [1.29, 1.82) is 0 Å². The minimum absolute atomic E-state index is 0.511. The van der Waals surface area contributed by atoms with Crippen LogP contribution in [0.15, 0.2) is 107 Å². The molecule has 0 aromatic heterocycles. The summed E-state index contributed by atoms with van der Waals surface area (Å²) in [5.41, 5.74) is 4.03. The maximum atomic E-state index is 6.32. The minimum atomic E-state index is -0.511. The first-order chi connectivity index (χ1) is 13.7. The topological polar surface area (TPSA) is 9.23 Å². The molecule has 0 radical (unpaired) electrons. The molecule has 0 N–H and O–H groups in total. The lowest BCUT2D eigenvalue weighted by Crippen LogP contribution is -2.34. The van der Waals surface area contributed by atoms with Crippen molar-refractivity contribution < 1.29 is 4.74 Å². The monoisotopic (exact) mass is 398 g/mol. The quantitative estimate of drug-likeness (QED) is 0.313. The van der Waals surface area contributed by atoms with Gasteiger partial charge in [-0.3, -0.25) is 0 Å². The first kappa shape index (κ1) is 17.5. The number of fused-ring (bicyclic) bond motifs is 2. The maximum Gasteiger partial charge on any atom is 0.132 e. The average molecular weight is 399 g/mol. The van der Waals surface area contributed by atoms with E-state index >= 15 is 0 Å². The van der Waals surface area contributed by atoms with Crippen LogP contribution in [0.5, 0.6) is 11.5 Å². The fourth-order valence-corrected chi connectivity index (χ4v) is 4.64. The molecule has 1 nitrogen and oxygen atoms in total. The summed E-state index contributed by atoms with van der Waals surface area (Å²) in [4.78, 5) is 1.81.